The Kier molecular flexibility index (Phi) is 10.0. The van der Waals surface area contributed by atoms with Gasteiger partial charge in [0.2, 0.25) is 0 Å². The Bertz CT molecular complexity index is 489. The van der Waals surface area contributed by atoms with Crippen molar-refractivity contribution in [2.24, 2.45) is 0 Å². The summed E-state index contributed by atoms with van der Waals surface area (Å²) in [7, 11) is 0. The smallest absolute Gasteiger partial charge is 0.428 e. The van der Waals surface area contributed by atoms with E-state index in [1.165, 1.54) is 25.7 Å². The molecule has 1 rings (SSSR count). The maximum Gasteiger partial charge on any atom is 0.514 e. The van der Waals surface area contributed by atoms with Crippen LogP contribution in [0.5, 0.6) is 5.75 Å². The molecule has 25 heavy (non-hydrogen) atoms. The lowest BCUT2D eigenvalue weighted by atomic mass is 10.00. The van der Waals surface area contributed by atoms with E-state index >= 15 is 0 Å². The zero-order chi connectivity index (χ0) is 18.5. The first-order chi connectivity index (χ1) is 12.0. The third-order valence-electron chi connectivity index (χ3n) is 4.16. The van der Waals surface area contributed by atoms with Gasteiger partial charge in [-0.05, 0) is 57.4 Å². The van der Waals surface area contributed by atoms with Crippen molar-refractivity contribution in [2.45, 2.75) is 84.7 Å². The van der Waals surface area contributed by atoms with Gasteiger partial charge in [-0.15, -0.1) is 0 Å². The molecule has 0 aliphatic heterocycles. The molecule has 4 nitrogen and oxygen atoms in total. The minimum absolute atomic E-state index is 0. The number of benzene rings is 1. The van der Waals surface area contributed by atoms with Crippen LogP contribution < -0.4 is 10.1 Å². The summed E-state index contributed by atoms with van der Waals surface area (Å²) in [4.78, 5) is 12.0. The van der Waals surface area contributed by atoms with Gasteiger partial charge in [0.25, 0.3) is 0 Å². The Morgan fingerprint density at radius 1 is 1.00 bits per heavy atom. The highest BCUT2D eigenvalue weighted by molar-refractivity contribution is 5.64. The summed E-state index contributed by atoms with van der Waals surface area (Å²) in [5.74, 6) is 0.504. The minimum Gasteiger partial charge on any atom is -0.428 e. The Morgan fingerprint density at radius 3 is 2.28 bits per heavy atom. The van der Waals surface area contributed by atoms with Crippen molar-refractivity contribution in [1.29, 1.82) is 0 Å². The number of anilines is 1. The molecule has 0 aliphatic rings. The number of carbonyl (C=O) groups is 1. The minimum atomic E-state index is -0.634. The van der Waals surface area contributed by atoms with E-state index in [0.717, 1.165) is 37.9 Å². The number of rotatable bonds is 12. The lowest BCUT2D eigenvalue weighted by Gasteiger charge is -2.24. The summed E-state index contributed by atoms with van der Waals surface area (Å²) in [6.07, 6.45) is 8.52. The first-order valence-corrected chi connectivity index (χ1v) is 9.71. The van der Waals surface area contributed by atoms with Crippen molar-refractivity contribution in [3.05, 3.63) is 24.3 Å². The van der Waals surface area contributed by atoms with Gasteiger partial charge in [0, 0.05) is 13.7 Å². The topological polar surface area (TPSA) is 47.6 Å². The maximum absolute atomic E-state index is 12.0. The number of carbonyl (C=O) groups excluding carboxylic acids is 1. The molecule has 0 aromatic heterocycles. The molecular formula is C21H37NO3. The van der Waals surface area contributed by atoms with Gasteiger partial charge in [-0.2, -0.15) is 0 Å². The van der Waals surface area contributed by atoms with Gasteiger partial charge >= 0.3 is 6.16 Å². The summed E-state index contributed by atoms with van der Waals surface area (Å²) in [6, 6.07) is 7.40. The molecule has 4 heteroatoms. The van der Waals surface area contributed by atoms with E-state index in [-0.39, 0.29) is 1.43 Å². The van der Waals surface area contributed by atoms with Crippen LogP contribution in [0.3, 0.4) is 0 Å². The summed E-state index contributed by atoms with van der Waals surface area (Å²) in [5, 5.41) is 3.33. The maximum atomic E-state index is 12.0. The van der Waals surface area contributed by atoms with Gasteiger partial charge in [0.15, 0.2) is 0 Å². The summed E-state index contributed by atoms with van der Waals surface area (Å²) < 4.78 is 10.8. The van der Waals surface area contributed by atoms with Crippen LogP contribution in [0, 0.1) is 0 Å². The number of nitrogens with one attached hydrogen (secondary N) is 1. The molecule has 0 heterocycles. The average Bonchev–Trinajstić information content (AvgIpc) is 2.56. The van der Waals surface area contributed by atoms with E-state index in [9.17, 15) is 4.79 Å². The van der Waals surface area contributed by atoms with Crippen LogP contribution in [0.25, 0.3) is 0 Å². The van der Waals surface area contributed by atoms with Crippen LogP contribution in [0.2, 0.25) is 0 Å². The van der Waals surface area contributed by atoms with E-state index in [4.69, 9.17) is 9.47 Å². The van der Waals surface area contributed by atoms with E-state index in [1.54, 1.807) is 12.1 Å². The van der Waals surface area contributed by atoms with Gasteiger partial charge in [-0.1, -0.05) is 46.0 Å². The van der Waals surface area contributed by atoms with Crippen molar-refractivity contribution in [1.82, 2.24) is 0 Å². The molecule has 0 unspecified atom stereocenters. The molecule has 0 atom stereocenters. The highest BCUT2D eigenvalue weighted by Crippen LogP contribution is 2.22. The molecule has 1 aromatic carbocycles. The number of ether oxygens (including phenoxy) is 2. The first-order valence-electron chi connectivity index (χ1n) is 9.71. The highest BCUT2D eigenvalue weighted by atomic mass is 16.7. The molecule has 0 saturated carbocycles. The molecule has 0 bridgehead atoms. The van der Waals surface area contributed by atoms with Gasteiger partial charge in [-0.25, -0.2) is 4.79 Å². The van der Waals surface area contributed by atoms with E-state index in [0.29, 0.717) is 5.75 Å². The lowest BCUT2D eigenvalue weighted by Crippen LogP contribution is -2.29. The predicted octanol–water partition coefficient (Wildman–Crippen LogP) is 6.80. The average molecular weight is 352 g/mol. The largest absolute Gasteiger partial charge is 0.514 e. The standard InChI is InChI=1S/C21H35NO3.H2/c1-5-7-9-10-11-16-21(3,4)25-20(23)24-19-14-12-18(13-15-19)22-17-8-6-2;/h12-15,22H,5-11,16-17H2,1-4H3;1H. The molecule has 1 N–H and O–H groups in total. The van der Waals surface area contributed by atoms with E-state index in [1.807, 2.05) is 26.0 Å². The third kappa shape index (κ3) is 10.0. The fourth-order valence-electron chi connectivity index (χ4n) is 2.60. The Labute approximate surface area is 154 Å². The molecule has 0 spiro atoms. The Balaban J connectivity index is 0.00000625. The second-order valence-electron chi connectivity index (χ2n) is 7.18. The van der Waals surface area contributed by atoms with Crippen LogP contribution in [-0.4, -0.2) is 18.3 Å². The Morgan fingerprint density at radius 2 is 1.64 bits per heavy atom. The number of unbranched alkanes of at least 4 members (excludes halogenated alkanes) is 5. The van der Waals surface area contributed by atoms with Crippen LogP contribution in [0.4, 0.5) is 10.5 Å². The SMILES string of the molecule is CCCCCCCC(C)(C)OC(=O)Oc1ccc(NCCCC)cc1.[HH]. The number of hydrogen-bond acceptors (Lipinski definition) is 4. The molecule has 0 saturated heterocycles. The fourth-order valence-corrected chi connectivity index (χ4v) is 2.60. The van der Waals surface area contributed by atoms with Gasteiger partial charge in [-0.3, -0.25) is 0 Å². The zero-order valence-electron chi connectivity index (χ0n) is 16.4. The highest BCUT2D eigenvalue weighted by Gasteiger charge is 2.23. The molecule has 144 valence electrons. The lowest BCUT2D eigenvalue weighted by molar-refractivity contribution is 0.00277. The first kappa shape index (κ1) is 21.3. The van der Waals surface area contributed by atoms with Gasteiger partial charge in [0.05, 0.1) is 0 Å². The van der Waals surface area contributed by atoms with Crippen molar-refractivity contribution in [3.63, 3.8) is 0 Å². The van der Waals surface area contributed by atoms with Crippen molar-refractivity contribution < 1.29 is 15.7 Å². The Hall–Kier alpha value is -1.71. The molecule has 0 radical (unpaired) electrons. The summed E-state index contributed by atoms with van der Waals surface area (Å²) >= 11 is 0. The normalized spacial score (nSPS) is 11.2. The molecule has 0 fully saturated rings. The quantitative estimate of drug-likeness (QED) is 0.255. The van der Waals surface area contributed by atoms with Gasteiger partial charge in [0.1, 0.15) is 11.4 Å². The summed E-state index contributed by atoms with van der Waals surface area (Å²) in [5.41, 5.74) is 0.534. The molecule has 0 amide bonds. The fraction of sp³-hybridized carbons (Fsp3) is 0.667. The van der Waals surface area contributed by atoms with Crippen molar-refractivity contribution >= 4 is 11.8 Å². The molecular weight excluding hydrogens is 314 g/mol. The van der Waals surface area contributed by atoms with Gasteiger partial charge < -0.3 is 14.8 Å². The van der Waals surface area contributed by atoms with Crippen LogP contribution >= 0.6 is 0 Å². The van der Waals surface area contributed by atoms with Crippen LogP contribution in [0.15, 0.2) is 24.3 Å². The summed E-state index contributed by atoms with van der Waals surface area (Å²) in [6.45, 7) is 9.20. The predicted molar refractivity (Wildman–Crippen MR) is 107 cm³/mol. The third-order valence-corrected chi connectivity index (χ3v) is 4.16. The van der Waals surface area contributed by atoms with Crippen molar-refractivity contribution in [2.75, 3.05) is 11.9 Å². The van der Waals surface area contributed by atoms with Crippen LogP contribution in [-0.2, 0) is 4.74 Å². The number of hydrogen-bond donors (Lipinski definition) is 1. The van der Waals surface area contributed by atoms with Crippen LogP contribution in [0.1, 0.15) is 80.5 Å². The van der Waals surface area contributed by atoms with E-state index in [2.05, 4.69) is 19.2 Å². The van der Waals surface area contributed by atoms with Crippen molar-refractivity contribution in [3.8, 4) is 5.75 Å². The molecule has 1 aromatic rings. The zero-order valence-corrected chi connectivity index (χ0v) is 16.4. The second kappa shape index (κ2) is 11.8. The molecule has 0 aliphatic carbocycles. The second-order valence-corrected chi connectivity index (χ2v) is 7.18. The monoisotopic (exact) mass is 351 g/mol. The van der Waals surface area contributed by atoms with E-state index < -0.39 is 11.8 Å².